The lowest BCUT2D eigenvalue weighted by Crippen LogP contribution is -1.90. The van der Waals surface area contributed by atoms with Crippen LogP contribution in [0.3, 0.4) is 0 Å². The molecule has 0 unspecified atom stereocenters. The van der Waals surface area contributed by atoms with Crippen molar-refractivity contribution in [2.45, 2.75) is 39.5 Å². The van der Waals surface area contributed by atoms with E-state index in [2.05, 4.69) is 0 Å². The molecule has 2 saturated carbocycles. The molecule has 0 saturated heterocycles. The first-order valence-corrected chi connectivity index (χ1v) is 3.45. The fourth-order valence-electron chi connectivity index (χ4n) is 2.17. The molecule has 0 aromatic rings. The van der Waals surface area contributed by atoms with Gasteiger partial charge in [-0.15, -0.1) is 0 Å². The first-order valence-electron chi connectivity index (χ1n) is 3.45. The molecule has 0 N–H and O–H groups in total. The molecule has 2 aliphatic carbocycles. The summed E-state index contributed by atoms with van der Waals surface area (Å²) in [5.74, 6) is 2.34. The van der Waals surface area contributed by atoms with Crippen molar-refractivity contribution in [3.05, 3.63) is 0 Å². The lowest BCUT2D eigenvalue weighted by Gasteiger charge is -2.05. The molecule has 0 aromatic heterocycles. The van der Waals surface area contributed by atoms with Gasteiger partial charge in [-0.1, -0.05) is 33.1 Å². The van der Waals surface area contributed by atoms with E-state index in [9.17, 15) is 0 Å². The van der Waals surface area contributed by atoms with E-state index in [1.54, 1.807) is 32.1 Å². The summed E-state index contributed by atoms with van der Waals surface area (Å²) in [6.07, 6.45) is 7.82. The average Bonchev–Trinajstić information content (AvgIpc) is 2.22. The second-order valence-corrected chi connectivity index (χ2v) is 3.12. The van der Waals surface area contributed by atoms with Gasteiger partial charge in [0.05, 0.1) is 0 Å². The Morgan fingerprint density at radius 1 is 0.750 bits per heavy atom. The summed E-state index contributed by atoms with van der Waals surface area (Å²) in [7, 11) is 0. The van der Waals surface area contributed by atoms with Crippen molar-refractivity contribution in [1.82, 2.24) is 0 Å². The summed E-state index contributed by atoms with van der Waals surface area (Å²) in [6.45, 7) is 0. The summed E-state index contributed by atoms with van der Waals surface area (Å²) >= 11 is 0. The number of hydrogen-bond acceptors (Lipinski definition) is 0. The maximum Gasteiger partial charge on any atom is -0.0411 e. The van der Waals surface area contributed by atoms with Crippen molar-refractivity contribution in [2.24, 2.45) is 11.8 Å². The van der Waals surface area contributed by atoms with Gasteiger partial charge >= 0.3 is 0 Å². The highest BCUT2D eigenvalue weighted by atomic mass is 14.4. The van der Waals surface area contributed by atoms with Gasteiger partial charge in [0.1, 0.15) is 0 Å². The lowest BCUT2D eigenvalue weighted by atomic mass is 10.0. The second-order valence-electron chi connectivity index (χ2n) is 3.12. The molecule has 48 valence electrons. The maximum atomic E-state index is 1.58. The topological polar surface area (TPSA) is 0 Å². The van der Waals surface area contributed by atoms with E-state index in [4.69, 9.17) is 0 Å². The zero-order valence-corrected chi connectivity index (χ0v) is 4.69. The van der Waals surface area contributed by atoms with E-state index in [0.717, 1.165) is 0 Å². The van der Waals surface area contributed by atoms with E-state index in [-0.39, 0.29) is 7.43 Å². The van der Waals surface area contributed by atoms with Crippen molar-refractivity contribution in [1.29, 1.82) is 0 Å². The summed E-state index contributed by atoms with van der Waals surface area (Å²) in [4.78, 5) is 0. The quantitative estimate of drug-likeness (QED) is 0.452. The molecule has 0 amide bonds. The van der Waals surface area contributed by atoms with E-state index in [1.807, 2.05) is 0 Å². The molecule has 0 aliphatic heterocycles. The maximum absolute atomic E-state index is 1.58. The first-order chi connectivity index (χ1) is 3.45. The van der Waals surface area contributed by atoms with Gasteiger partial charge in [0.25, 0.3) is 0 Å². The first kappa shape index (κ1) is 6.12. The van der Waals surface area contributed by atoms with Crippen LogP contribution in [0.4, 0.5) is 0 Å². The smallest absolute Gasteiger partial charge is 0.0411 e. The zero-order chi connectivity index (χ0) is 4.69. The van der Waals surface area contributed by atoms with Crippen molar-refractivity contribution >= 4 is 0 Å². The van der Waals surface area contributed by atoms with Crippen molar-refractivity contribution in [3.8, 4) is 0 Å². The van der Waals surface area contributed by atoms with Crippen LogP contribution < -0.4 is 0 Å². The Morgan fingerprint density at radius 2 is 1.12 bits per heavy atom. The van der Waals surface area contributed by atoms with E-state index in [1.165, 1.54) is 11.8 Å². The molecule has 0 heterocycles. The highest BCUT2D eigenvalue weighted by molar-refractivity contribution is 4.82. The van der Waals surface area contributed by atoms with Gasteiger partial charge in [0.2, 0.25) is 0 Å². The molecule has 8 heavy (non-hydrogen) atoms. The molecule has 0 nitrogen and oxygen atoms in total. The Bertz CT molecular complexity index is 58.1. The van der Waals surface area contributed by atoms with E-state index in [0.29, 0.717) is 0 Å². The Morgan fingerprint density at radius 3 is 1.25 bits per heavy atom. The molecule has 0 spiro atoms. The van der Waals surface area contributed by atoms with Gasteiger partial charge in [-0.05, 0) is 18.3 Å². The Balaban J connectivity index is 0.000000320. The summed E-state index contributed by atoms with van der Waals surface area (Å²) < 4.78 is 0. The largest absolute Gasteiger partial charge is 0.0776 e. The Labute approximate surface area is 52.3 Å². The van der Waals surface area contributed by atoms with Crippen LogP contribution in [0.25, 0.3) is 0 Å². The van der Waals surface area contributed by atoms with E-state index < -0.39 is 0 Å². The third-order valence-corrected chi connectivity index (χ3v) is 2.63. The van der Waals surface area contributed by atoms with Crippen LogP contribution in [0, 0.1) is 11.8 Å². The lowest BCUT2D eigenvalue weighted by molar-refractivity contribution is 0.480. The predicted octanol–water partition coefficient (Wildman–Crippen LogP) is 2.83. The molecule has 2 fully saturated rings. The fourth-order valence-corrected chi connectivity index (χ4v) is 2.17. The average molecular weight is 112 g/mol. The van der Waals surface area contributed by atoms with Gasteiger partial charge in [0, 0.05) is 0 Å². The standard InChI is InChI=1S/C7H12.CH4/c1-2-7-4-3-6(1)5-7;/h6-7H,1-5H2;1H4. The number of fused-ring (bicyclic) bond motifs is 2. The number of rotatable bonds is 0. The SMILES string of the molecule is C.C1CC2CCC1C2. The molecule has 2 aliphatic rings. The van der Waals surface area contributed by atoms with Gasteiger partial charge in [-0.3, -0.25) is 0 Å². The van der Waals surface area contributed by atoms with Crippen LogP contribution in [0.1, 0.15) is 39.5 Å². The molecule has 0 radical (unpaired) electrons. The predicted molar refractivity (Wildman–Crippen MR) is 36.8 cm³/mol. The second kappa shape index (κ2) is 2.08. The highest BCUT2D eigenvalue weighted by Gasteiger charge is 2.30. The van der Waals surface area contributed by atoms with Crippen LogP contribution in [-0.2, 0) is 0 Å². The minimum Gasteiger partial charge on any atom is -0.0776 e. The minimum atomic E-state index is 0. The van der Waals surface area contributed by atoms with Crippen LogP contribution in [0.2, 0.25) is 0 Å². The minimum absolute atomic E-state index is 0. The van der Waals surface area contributed by atoms with Crippen molar-refractivity contribution < 1.29 is 0 Å². The molecule has 2 bridgehead atoms. The molecule has 0 heteroatoms. The van der Waals surface area contributed by atoms with Gasteiger partial charge < -0.3 is 0 Å². The third-order valence-electron chi connectivity index (χ3n) is 2.63. The summed E-state index contributed by atoms with van der Waals surface area (Å²) in [6, 6.07) is 0. The van der Waals surface area contributed by atoms with Gasteiger partial charge in [-0.25, -0.2) is 0 Å². The third kappa shape index (κ3) is 0.765. The molecular formula is C8H16. The Hall–Kier alpha value is 0. The normalized spacial score (nSPS) is 42.0. The van der Waals surface area contributed by atoms with Crippen LogP contribution in [0.15, 0.2) is 0 Å². The van der Waals surface area contributed by atoms with Crippen LogP contribution in [-0.4, -0.2) is 0 Å². The number of hydrogen-bond donors (Lipinski definition) is 0. The summed E-state index contributed by atoms with van der Waals surface area (Å²) in [5, 5.41) is 0. The van der Waals surface area contributed by atoms with Gasteiger partial charge in [-0.2, -0.15) is 0 Å². The molecule has 2 rings (SSSR count). The van der Waals surface area contributed by atoms with Crippen LogP contribution in [0.5, 0.6) is 0 Å². The van der Waals surface area contributed by atoms with Crippen LogP contribution >= 0.6 is 0 Å². The fraction of sp³-hybridized carbons (Fsp3) is 1.00. The molecule has 0 atom stereocenters. The Kier molecular flexibility index (Phi) is 1.59. The zero-order valence-electron chi connectivity index (χ0n) is 4.69. The molecular weight excluding hydrogens is 96.1 g/mol. The summed E-state index contributed by atoms with van der Waals surface area (Å²) in [5.41, 5.74) is 0. The highest BCUT2D eigenvalue weighted by Crippen LogP contribution is 2.43. The monoisotopic (exact) mass is 112 g/mol. The van der Waals surface area contributed by atoms with E-state index >= 15 is 0 Å². The van der Waals surface area contributed by atoms with Crippen molar-refractivity contribution in [2.75, 3.05) is 0 Å². The van der Waals surface area contributed by atoms with Crippen molar-refractivity contribution in [3.63, 3.8) is 0 Å². The van der Waals surface area contributed by atoms with Gasteiger partial charge in [0.15, 0.2) is 0 Å². The molecule has 0 aromatic carbocycles.